The summed E-state index contributed by atoms with van der Waals surface area (Å²) >= 11 is 0. The zero-order chi connectivity index (χ0) is 31.0. The van der Waals surface area contributed by atoms with Crippen molar-refractivity contribution >= 4 is 35.0 Å². The van der Waals surface area contributed by atoms with E-state index in [9.17, 15) is 19.5 Å². The van der Waals surface area contributed by atoms with Gasteiger partial charge in [0.1, 0.15) is 23.2 Å². The molecule has 2 atom stereocenters. The van der Waals surface area contributed by atoms with Gasteiger partial charge in [-0.1, -0.05) is 13.0 Å². The lowest BCUT2D eigenvalue weighted by Gasteiger charge is -2.35. The molecular formula is C31H39FN4O6. The molecule has 2 aromatic heterocycles. The number of carboxylic acid groups (broad SMARTS) is 1. The molecule has 0 saturated carbocycles. The molecule has 0 bridgehead atoms. The Balaban J connectivity index is 1.69. The Kier molecular flexibility index (Phi) is 8.52. The lowest BCUT2D eigenvalue weighted by molar-refractivity contribution is 0.0111. The minimum Gasteiger partial charge on any atom is -0.464 e. The number of nitrogens with zero attached hydrogens (tertiary/aromatic N) is 3. The van der Waals surface area contributed by atoms with Gasteiger partial charge in [0, 0.05) is 29.6 Å². The molecule has 0 radical (unpaired) electrons. The Morgan fingerprint density at radius 2 is 1.76 bits per heavy atom. The minimum atomic E-state index is -1.31. The predicted octanol–water partition coefficient (Wildman–Crippen LogP) is 7.20. The fourth-order valence-electron chi connectivity index (χ4n) is 5.29. The van der Waals surface area contributed by atoms with Crippen LogP contribution in [0.4, 0.5) is 24.6 Å². The number of rotatable bonds is 4. The molecule has 42 heavy (non-hydrogen) atoms. The number of carbonyl (C=O) groups excluding carboxylic acids is 2. The summed E-state index contributed by atoms with van der Waals surface area (Å²) in [6.07, 6.45) is -1.29. The van der Waals surface area contributed by atoms with Crippen LogP contribution in [0, 0.1) is 0 Å². The molecule has 3 heterocycles. The summed E-state index contributed by atoms with van der Waals surface area (Å²) in [5, 5.41) is 13.5. The molecule has 0 spiro atoms. The zero-order valence-electron chi connectivity index (χ0n) is 25.2. The van der Waals surface area contributed by atoms with Crippen molar-refractivity contribution in [3.63, 3.8) is 0 Å². The molecular weight excluding hydrogens is 543 g/mol. The van der Waals surface area contributed by atoms with Crippen molar-refractivity contribution in [3.8, 4) is 11.3 Å². The molecule has 1 saturated heterocycles. The quantitative estimate of drug-likeness (QED) is 0.333. The molecule has 0 aliphatic carbocycles. The number of hydrogen-bond donors (Lipinski definition) is 2. The van der Waals surface area contributed by atoms with Crippen molar-refractivity contribution in [2.75, 3.05) is 18.4 Å². The number of aryl methyl sites for hydroxylation is 1. The van der Waals surface area contributed by atoms with Crippen LogP contribution in [0.5, 0.6) is 0 Å². The minimum absolute atomic E-state index is 0.0793. The second kappa shape index (κ2) is 11.6. The van der Waals surface area contributed by atoms with Gasteiger partial charge in [0.05, 0.1) is 17.8 Å². The van der Waals surface area contributed by atoms with Crippen LogP contribution in [0.15, 0.2) is 36.5 Å². The van der Waals surface area contributed by atoms with Crippen molar-refractivity contribution in [3.05, 3.63) is 47.7 Å². The zero-order valence-corrected chi connectivity index (χ0v) is 25.2. The fraction of sp³-hybridized carbons (Fsp3) is 0.484. The van der Waals surface area contributed by atoms with Gasteiger partial charge < -0.3 is 19.5 Å². The number of amides is 2. The second-order valence-corrected chi connectivity index (χ2v) is 12.5. The smallest absolute Gasteiger partial charge is 0.416 e. The lowest BCUT2D eigenvalue weighted by Crippen LogP contribution is -2.46. The Bertz CT molecular complexity index is 1500. The molecule has 2 N–H and O–H groups in total. The van der Waals surface area contributed by atoms with E-state index >= 15 is 4.39 Å². The maximum atomic E-state index is 15.5. The number of hydrogen-bond acceptors (Lipinski definition) is 6. The highest BCUT2D eigenvalue weighted by molar-refractivity contribution is 5.99. The largest absolute Gasteiger partial charge is 0.464 e. The lowest BCUT2D eigenvalue weighted by atomic mass is 9.87. The molecule has 10 nitrogen and oxygen atoms in total. The van der Waals surface area contributed by atoms with Gasteiger partial charge in [-0.3, -0.25) is 5.32 Å². The van der Waals surface area contributed by atoms with Crippen LogP contribution in [0.25, 0.3) is 22.2 Å². The van der Waals surface area contributed by atoms with Crippen molar-refractivity contribution in [1.82, 2.24) is 14.5 Å². The molecule has 3 aromatic rings. The first kappa shape index (κ1) is 30.8. The fourth-order valence-corrected chi connectivity index (χ4v) is 5.29. The number of likely N-dealkylation sites (tertiary alicyclic amines) is 1. The second-order valence-electron chi connectivity index (χ2n) is 12.5. The third kappa shape index (κ3) is 6.83. The number of nitrogens with one attached hydrogen (secondary N) is 1. The van der Waals surface area contributed by atoms with Gasteiger partial charge in [0.2, 0.25) is 0 Å². The molecule has 4 rings (SSSR count). The average molecular weight is 583 g/mol. The summed E-state index contributed by atoms with van der Waals surface area (Å²) in [6, 6.07) is 8.60. The van der Waals surface area contributed by atoms with E-state index in [0.717, 1.165) is 11.1 Å². The van der Waals surface area contributed by atoms with Gasteiger partial charge in [-0.25, -0.2) is 28.3 Å². The summed E-state index contributed by atoms with van der Waals surface area (Å²) in [6.45, 7) is 12.8. The summed E-state index contributed by atoms with van der Waals surface area (Å²) in [5.41, 5.74) is 1.60. The molecule has 1 aliphatic heterocycles. The average Bonchev–Trinajstić information content (AvgIpc) is 3.20. The number of ether oxygens (including phenoxy) is 2. The Hall–Kier alpha value is -4.15. The predicted molar refractivity (Wildman–Crippen MR) is 158 cm³/mol. The van der Waals surface area contributed by atoms with E-state index in [1.54, 1.807) is 65.8 Å². The van der Waals surface area contributed by atoms with Crippen molar-refractivity contribution in [2.24, 2.45) is 0 Å². The van der Waals surface area contributed by atoms with Gasteiger partial charge in [0.25, 0.3) is 0 Å². The highest BCUT2D eigenvalue weighted by Crippen LogP contribution is 2.39. The van der Waals surface area contributed by atoms with Crippen LogP contribution in [0.2, 0.25) is 0 Å². The number of fused-ring (bicyclic) bond motifs is 1. The molecule has 1 aromatic carbocycles. The third-order valence-electron chi connectivity index (χ3n) is 6.92. The maximum absolute atomic E-state index is 15.5. The third-order valence-corrected chi connectivity index (χ3v) is 6.92. The van der Waals surface area contributed by atoms with Gasteiger partial charge >= 0.3 is 18.3 Å². The maximum Gasteiger partial charge on any atom is 0.416 e. The standard InChI is InChI=1S/C31H39FN4O6/c1-8-20-22-15-18(21-12-14-35(17-23(21)32)29(40)42-31(5,6)7)9-10-24(22)36(28(38)39)26(20)19-11-13-33-25(16-19)34-27(37)41-30(2,3)4/h9-11,13,15-16,21,23H,8,12,14,17H2,1-7H3,(H,38,39)(H,33,34,37). The number of aromatic nitrogens is 2. The Morgan fingerprint density at radius 3 is 2.36 bits per heavy atom. The van der Waals surface area contributed by atoms with Crippen molar-refractivity contribution in [2.45, 2.75) is 84.6 Å². The van der Waals surface area contributed by atoms with Crippen LogP contribution in [0.3, 0.4) is 0 Å². The monoisotopic (exact) mass is 582 g/mol. The molecule has 2 amide bonds. The number of benzene rings is 1. The van der Waals surface area contributed by atoms with E-state index in [0.29, 0.717) is 41.5 Å². The normalized spacial score (nSPS) is 17.7. The van der Waals surface area contributed by atoms with Gasteiger partial charge in [-0.05, 0) is 89.8 Å². The molecule has 2 unspecified atom stereocenters. The van der Waals surface area contributed by atoms with Crippen LogP contribution < -0.4 is 5.32 Å². The number of anilines is 1. The van der Waals surface area contributed by atoms with Gasteiger partial charge in [-0.15, -0.1) is 0 Å². The summed E-state index contributed by atoms with van der Waals surface area (Å²) in [4.78, 5) is 42.9. The number of carbonyl (C=O) groups is 3. The van der Waals surface area contributed by atoms with Crippen LogP contribution >= 0.6 is 0 Å². The van der Waals surface area contributed by atoms with E-state index in [-0.39, 0.29) is 12.4 Å². The summed E-state index contributed by atoms with van der Waals surface area (Å²) in [5.74, 6) is -0.247. The number of halogens is 1. The highest BCUT2D eigenvalue weighted by Gasteiger charge is 2.35. The van der Waals surface area contributed by atoms with Crippen molar-refractivity contribution < 1.29 is 33.4 Å². The van der Waals surface area contributed by atoms with Crippen LogP contribution in [0.1, 0.15) is 71.9 Å². The molecule has 226 valence electrons. The first-order valence-corrected chi connectivity index (χ1v) is 14.1. The van der Waals surface area contributed by atoms with E-state index in [1.807, 2.05) is 13.0 Å². The summed E-state index contributed by atoms with van der Waals surface area (Å²) in [7, 11) is 0. The highest BCUT2D eigenvalue weighted by atomic mass is 19.1. The van der Waals surface area contributed by atoms with Gasteiger partial charge in [0.15, 0.2) is 0 Å². The van der Waals surface area contributed by atoms with Crippen LogP contribution in [-0.2, 0) is 15.9 Å². The Morgan fingerprint density at radius 1 is 1.07 bits per heavy atom. The number of piperidine rings is 1. The number of pyridine rings is 1. The van der Waals surface area contributed by atoms with Crippen molar-refractivity contribution in [1.29, 1.82) is 0 Å². The van der Waals surface area contributed by atoms with E-state index in [4.69, 9.17) is 9.47 Å². The van der Waals surface area contributed by atoms with E-state index in [1.165, 1.54) is 15.7 Å². The molecule has 11 heteroatoms. The number of alkyl halides is 1. The summed E-state index contributed by atoms with van der Waals surface area (Å²) < 4.78 is 27.4. The molecule has 1 aliphatic rings. The SMILES string of the molecule is CCc1c(-c2ccnc(NC(=O)OC(C)(C)C)c2)n(C(=O)O)c2ccc(C3CCN(C(=O)OC(C)(C)C)CC3F)cc12. The van der Waals surface area contributed by atoms with Gasteiger partial charge in [-0.2, -0.15) is 0 Å². The topological polar surface area (TPSA) is 123 Å². The first-order chi connectivity index (χ1) is 19.6. The van der Waals surface area contributed by atoms with Crippen LogP contribution in [-0.4, -0.2) is 68.3 Å². The molecule has 1 fully saturated rings. The first-order valence-electron chi connectivity index (χ1n) is 14.1. The van der Waals surface area contributed by atoms with E-state index in [2.05, 4.69) is 10.3 Å². The van der Waals surface area contributed by atoms with E-state index < -0.39 is 41.6 Å². The Labute approximate surface area is 244 Å².